The summed E-state index contributed by atoms with van der Waals surface area (Å²) in [6, 6.07) is 7.61. The van der Waals surface area contributed by atoms with Crippen molar-refractivity contribution < 1.29 is 19.5 Å². The van der Waals surface area contributed by atoms with Crippen molar-refractivity contribution in [3.8, 4) is 0 Å². The van der Waals surface area contributed by atoms with Crippen molar-refractivity contribution in [2.24, 2.45) is 0 Å². The van der Waals surface area contributed by atoms with Gasteiger partial charge in [0.05, 0.1) is 16.3 Å². The van der Waals surface area contributed by atoms with E-state index in [1.165, 1.54) is 0 Å². The van der Waals surface area contributed by atoms with Crippen LogP contribution in [0, 0.1) is 0 Å². The van der Waals surface area contributed by atoms with Gasteiger partial charge in [-0.15, -0.1) is 12.6 Å². The first-order valence-electron chi connectivity index (χ1n) is 9.84. The predicted octanol–water partition coefficient (Wildman–Crippen LogP) is 2.84. The first kappa shape index (κ1) is 24.5. The highest BCUT2D eigenvalue weighted by Crippen LogP contribution is 2.33. The van der Waals surface area contributed by atoms with Gasteiger partial charge in [-0.25, -0.2) is 4.79 Å². The number of hydrogen-bond donors (Lipinski definition) is 5. The molecule has 3 rings (SSSR count). The van der Waals surface area contributed by atoms with Gasteiger partial charge in [0, 0.05) is 35.1 Å². The molecule has 2 fully saturated rings. The topological polar surface area (TPSA) is 108 Å². The van der Waals surface area contributed by atoms with Crippen LogP contribution in [0.25, 0.3) is 0 Å². The SMILES string of the molecule is CCNC(=O)c1ccccc1C(=S)S.O=C(O)CCCC[C@@H]1SC[C@@H]2NC(=O)N[C@@H]21. The number of carbonyl (C=O) groups is 3. The summed E-state index contributed by atoms with van der Waals surface area (Å²) in [5.41, 5.74) is 1.28. The summed E-state index contributed by atoms with van der Waals surface area (Å²) in [5, 5.41) is 17.5. The molecule has 30 heavy (non-hydrogen) atoms. The van der Waals surface area contributed by atoms with Crippen molar-refractivity contribution >= 4 is 58.7 Å². The number of carbonyl (C=O) groups excluding carboxylic acids is 2. The Bertz CT molecular complexity index is 790. The highest BCUT2D eigenvalue weighted by molar-refractivity contribution is 8.11. The number of thiocarbonyl (C=S) groups is 1. The lowest BCUT2D eigenvalue weighted by atomic mass is 10.0. The van der Waals surface area contributed by atoms with E-state index in [1.54, 1.807) is 18.2 Å². The van der Waals surface area contributed by atoms with Crippen molar-refractivity contribution in [1.82, 2.24) is 16.0 Å². The summed E-state index contributed by atoms with van der Waals surface area (Å²) >= 11 is 10.9. The second-order valence-electron chi connectivity index (χ2n) is 6.97. The number of thioether (sulfide) groups is 1. The van der Waals surface area contributed by atoms with Crippen LogP contribution in [0.1, 0.15) is 48.5 Å². The lowest BCUT2D eigenvalue weighted by Gasteiger charge is -2.16. The van der Waals surface area contributed by atoms with Crippen LogP contribution in [0.4, 0.5) is 4.79 Å². The molecule has 0 bridgehead atoms. The lowest BCUT2D eigenvalue weighted by molar-refractivity contribution is -0.137. The van der Waals surface area contributed by atoms with Crippen LogP contribution >= 0.6 is 36.6 Å². The molecule has 2 heterocycles. The molecule has 0 saturated carbocycles. The fourth-order valence-corrected chi connectivity index (χ4v) is 5.30. The number of nitrogens with one attached hydrogen (secondary N) is 3. The highest BCUT2D eigenvalue weighted by atomic mass is 32.2. The maximum atomic E-state index is 11.6. The molecule has 10 heteroatoms. The molecule has 7 nitrogen and oxygen atoms in total. The smallest absolute Gasteiger partial charge is 0.315 e. The van der Waals surface area contributed by atoms with Gasteiger partial charge >= 0.3 is 12.0 Å². The summed E-state index contributed by atoms with van der Waals surface area (Å²) in [4.78, 5) is 33.0. The van der Waals surface area contributed by atoms with Crippen LogP contribution in [-0.2, 0) is 4.79 Å². The molecule has 2 saturated heterocycles. The zero-order chi connectivity index (χ0) is 22.1. The van der Waals surface area contributed by atoms with Gasteiger partial charge in [0.15, 0.2) is 0 Å². The largest absolute Gasteiger partial charge is 0.481 e. The number of hydrogen-bond acceptors (Lipinski definition) is 5. The first-order chi connectivity index (χ1) is 14.3. The molecule has 1 aromatic rings. The Kier molecular flexibility index (Phi) is 9.93. The number of amides is 3. The molecule has 0 aromatic heterocycles. The molecule has 3 amide bonds. The number of urea groups is 1. The number of thiol groups is 1. The Balaban J connectivity index is 0.000000216. The van der Waals surface area contributed by atoms with E-state index in [-0.39, 0.29) is 30.4 Å². The van der Waals surface area contributed by atoms with Crippen LogP contribution < -0.4 is 16.0 Å². The molecular formula is C20H27N3O4S3. The number of unbranched alkanes of at least 4 members (excludes halogenated alkanes) is 1. The fourth-order valence-electron chi connectivity index (χ4n) is 3.39. The average Bonchev–Trinajstić information content (AvgIpc) is 3.25. The average molecular weight is 470 g/mol. The Morgan fingerprint density at radius 3 is 2.60 bits per heavy atom. The summed E-state index contributed by atoms with van der Waals surface area (Å²) < 4.78 is 0.437. The van der Waals surface area contributed by atoms with Gasteiger partial charge in [-0.05, 0) is 25.8 Å². The minimum Gasteiger partial charge on any atom is -0.481 e. The Morgan fingerprint density at radius 2 is 1.97 bits per heavy atom. The molecule has 3 atom stereocenters. The van der Waals surface area contributed by atoms with E-state index in [0.717, 1.165) is 25.0 Å². The molecule has 0 radical (unpaired) electrons. The van der Waals surface area contributed by atoms with Crippen molar-refractivity contribution in [3.05, 3.63) is 35.4 Å². The van der Waals surface area contributed by atoms with Gasteiger partial charge in [0.1, 0.15) is 0 Å². The molecule has 4 N–H and O–H groups in total. The van der Waals surface area contributed by atoms with Crippen molar-refractivity contribution in [1.29, 1.82) is 0 Å². The molecule has 2 aliphatic heterocycles. The van der Waals surface area contributed by atoms with E-state index < -0.39 is 5.97 Å². The summed E-state index contributed by atoms with van der Waals surface area (Å²) in [6.07, 6.45) is 2.88. The van der Waals surface area contributed by atoms with Crippen LogP contribution in [0.3, 0.4) is 0 Å². The van der Waals surface area contributed by atoms with E-state index in [0.29, 0.717) is 27.1 Å². The van der Waals surface area contributed by atoms with E-state index >= 15 is 0 Å². The van der Waals surface area contributed by atoms with Crippen LogP contribution in [-0.4, -0.2) is 56.8 Å². The van der Waals surface area contributed by atoms with Crippen LogP contribution in [0.15, 0.2) is 24.3 Å². The molecule has 2 aliphatic rings. The normalized spacial score (nSPS) is 21.5. The Labute approximate surface area is 191 Å². The van der Waals surface area contributed by atoms with E-state index in [1.807, 2.05) is 24.8 Å². The quantitative estimate of drug-likeness (QED) is 0.173. The monoisotopic (exact) mass is 469 g/mol. The third-order valence-electron chi connectivity index (χ3n) is 4.81. The second-order valence-corrected chi connectivity index (χ2v) is 9.40. The number of carboxylic acid groups (broad SMARTS) is 1. The van der Waals surface area contributed by atoms with Crippen molar-refractivity contribution in [2.75, 3.05) is 12.3 Å². The number of aliphatic carboxylic acids is 1. The standard InChI is InChI=1S/C10H16N2O3S.C10H11NOS2/c13-8(14)4-2-1-3-7-9-6(5-16-7)11-10(15)12-9;1-2-11-9(12)7-5-3-4-6-8(7)10(13)14/h6-7,9H,1-5H2,(H,13,14)(H2,11,12,15);3-6H,2H2,1H3,(H,11,12)(H,13,14)/t6-,7-,9-;/m0./s1. The maximum Gasteiger partial charge on any atom is 0.315 e. The van der Waals surface area contributed by atoms with E-state index in [2.05, 4.69) is 28.6 Å². The summed E-state index contributed by atoms with van der Waals surface area (Å²) in [7, 11) is 0. The molecule has 0 spiro atoms. The number of carboxylic acids is 1. The maximum absolute atomic E-state index is 11.6. The number of benzene rings is 1. The van der Waals surface area contributed by atoms with Crippen molar-refractivity contribution in [3.63, 3.8) is 0 Å². The first-order valence-corrected chi connectivity index (χ1v) is 11.7. The van der Waals surface area contributed by atoms with E-state index in [9.17, 15) is 14.4 Å². The van der Waals surface area contributed by atoms with Crippen LogP contribution in [0.5, 0.6) is 0 Å². The van der Waals surface area contributed by atoms with Gasteiger partial charge in [0.2, 0.25) is 0 Å². The lowest BCUT2D eigenvalue weighted by Crippen LogP contribution is -2.36. The second kappa shape index (κ2) is 12.2. The summed E-state index contributed by atoms with van der Waals surface area (Å²) in [5.74, 6) is 0.125. The highest BCUT2D eigenvalue weighted by Gasteiger charge is 2.42. The molecular weight excluding hydrogens is 442 g/mol. The van der Waals surface area contributed by atoms with Crippen molar-refractivity contribution in [2.45, 2.75) is 49.9 Å². The minimum absolute atomic E-state index is 0.0640. The van der Waals surface area contributed by atoms with Gasteiger partial charge in [-0.2, -0.15) is 11.8 Å². The molecule has 0 unspecified atom stereocenters. The van der Waals surface area contributed by atoms with E-state index in [4.69, 9.17) is 17.3 Å². The summed E-state index contributed by atoms with van der Waals surface area (Å²) in [6.45, 7) is 2.48. The Hall–Kier alpha value is -1.78. The molecule has 0 aliphatic carbocycles. The van der Waals surface area contributed by atoms with Gasteiger partial charge in [-0.1, -0.05) is 36.8 Å². The zero-order valence-corrected chi connectivity index (χ0v) is 19.2. The molecule has 1 aromatic carbocycles. The third kappa shape index (κ3) is 7.17. The zero-order valence-electron chi connectivity index (χ0n) is 16.7. The van der Waals surface area contributed by atoms with Gasteiger partial charge in [0.25, 0.3) is 5.91 Å². The van der Waals surface area contributed by atoms with Gasteiger partial charge in [-0.3, -0.25) is 9.59 Å². The van der Waals surface area contributed by atoms with Gasteiger partial charge < -0.3 is 21.1 Å². The predicted molar refractivity (Wildman–Crippen MR) is 127 cm³/mol. The third-order valence-corrected chi connectivity index (χ3v) is 6.78. The van der Waals surface area contributed by atoms with Crippen LogP contribution in [0.2, 0.25) is 0 Å². The molecule has 164 valence electrons. The fraction of sp³-hybridized carbons (Fsp3) is 0.500. The number of rotatable bonds is 8. The minimum atomic E-state index is -0.729. The number of fused-ring (bicyclic) bond motifs is 1. The Morgan fingerprint density at radius 1 is 1.27 bits per heavy atom.